The van der Waals surface area contributed by atoms with Crippen LogP contribution in [0.2, 0.25) is 0 Å². The maximum atomic E-state index is 6.13. The quantitative estimate of drug-likeness (QED) is 0.871. The Hall–Kier alpha value is -1.67. The summed E-state index contributed by atoms with van der Waals surface area (Å²) in [5, 5.41) is 0. The summed E-state index contributed by atoms with van der Waals surface area (Å²) in [5.74, 6) is 0. The first-order valence-electron chi connectivity index (χ1n) is 6.20. The summed E-state index contributed by atoms with van der Waals surface area (Å²) < 4.78 is 0. The Morgan fingerprint density at radius 1 is 1.06 bits per heavy atom. The van der Waals surface area contributed by atoms with E-state index in [9.17, 15) is 0 Å². The average molecular weight is 240 g/mol. The summed E-state index contributed by atoms with van der Waals surface area (Å²) in [7, 11) is 0. The number of aryl methyl sites for hydroxylation is 2. The minimum absolute atomic E-state index is 0.297. The Bertz CT molecular complexity index is 566. The summed E-state index contributed by atoms with van der Waals surface area (Å²) in [6.07, 6.45) is 3.78. The van der Waals surface area contributed by atoms with Crippen molar-refractivity contribution in [3.05, 3.63) is 53.3 Å². The second-order valence-corrected chi connectivity index (χ2v) is 5.50. The number of rotatable bonds is 2. The van der Waals surface area contributed by atoms with Gasteiger partial charge < -0.3 is 5.73 Å². The summed E-state index contributed by atoms with van der Waals surface area (Å²) in [4.78, 5) is 4.25. The van der Waals surface area contributed by atoms with Gasteiger partial charge in [-0.1, -0.05) is 18.2 Å². The molecule has 2 aromatic rings. The molecule has 1 heterocycles. The molecule has 94 valence electrons. The summed E-state index contributed by atoms with van der Waals surface area (Å²) >= 11 is 0. The first-order valence-corrected chi connectivity index (χ1v) is 6.20. The number of aromatic nitrogens is 1. The van der Waals surface area contributed by atoms with Gasteiger partial charge in [0, 0.05) is 23.5 Å². The number of hydrogen-bond donors (Lipinski definition) is 1. The maximum absolute atomic E-state index is 6.13. The van der Waals surface area contributed by atoms with Crippen molar-refractivity contribution < 1.29 is 0 Å². The summed E-state index contributed by atoms with van der Waals surface area (Å²) in [6, 6.07) is 8.56. The normalized spacial score (nSPS) is 11.6. The van der Waals surface area contributed by atoms with Crippen LogP contribution < -0.4 is 5.73 Å². The fraction of sp³-hybridized carbons (Fsp3) is 0.312. The van der Waals surface area contributed by atoms with Crippen molar-refractivity contribution in [2.45, 2.75) is 33.2 Å². The highest BCUT2D eigenvalue weighted by Crippen LogP contribution is 2.27. The third-order valence-electron chi connectivity index (χ3n) is 3.16. The highest BCUT2D eigenvalue weighted by molar-refractivity contribution is 5.67. The van der Waals surface area contributed by atoms with Crippen molar-refractivity contribution >= 4 is 0 Å². The number of nitrogens with two attached hydrogens (primary N) is 1. The van der Waals surface area contributed by atoms with E-state index in [0.717, 1.165) is 11.1 Å². The van der Waals surface area contributed by atoms with Gasteiger partial charge in [0.2, 0.25) is 0 Å². The van der Waals surface area contributed by atoms with E-state index in [1.165, 1.54) is 16.7 Å². The fourth-order valence-electron chi connectivity index (χ4n) is 2.09. The van der Waals surface area contributed by atoms with Crippen LogP contribution in [0.3, 0.4) is 0 Å². The van der Waals surface area contributed by atoms with Gasteiger partial charge in [-0.2, -0.15) is 0 Å². The van der Waals surface area contributed by atoms with Crippen LogP contribution in [0.15, 0.2) is 36.7 Å². The predicted molar refractivity (Wildman–Crippen MR) is 76.4 cm³/mol. The van der Waals surface area contributed by atoms with Gasteiger partial charge in [0.25, 0.3) is 0 Å². The molecule has 0 aliphatic heterocycles. The molecule has 0 radical (unpaired) electrons. The van der Waals surface area contributed by atoms with Gasteiger partial charge in [0.1, 0.15) is 0 Å². The molecule has 2 nitrogen and oxygen atoms in total. The Labute approximate surface area is 109 Å². The van der Waals surface area contributed by atoms with Gasteiger partial charge in [-0.05, 0) is 56.0 Å². The molecule has 0 aliphatic rings. The Morgan fingerprint density at radius 3 is 2.33 bits per heavy atom. The van der Waals surface area contributed by atoms with E-state index in [1.807, 2.05) is 26.2 Å². The molecule has 2 heteroatoms. The fourth-order valence-corrected chi connectivity index (χ4v) is 2.09. The van der Waals surface area contributed by atoms with Crippen molar-refractivity contribution in [2.24, 2.45) is 5.73 Å². The number of benzene rings is 1. The van der Waals surface area contributed by atoms with Gasteiger partial charge in [-0.15, -0.1) is 0 Å². The number of nitrogens with zero attached hydrogens (tertiary/aromatic N) is 1. The molecule has 0 spiro atoms. The lowest BCUT2D eigenvalue weighted by Gasteiger charge is -2.20. The molecule has 0 atom stereocenters. The van der Waals surface area contributed by atoms with E-state index < -0.39 is 0 Å². The monoisotopic (exact) mass is 240 g/mol. The summed E-state index contributed by atoms with van der Waals surface area (Å²) in [5.41, 5.74) is 11.8. The molecule has 0 fully saturated rings. The van der Waals surface area contributed by atoms with Crippen LogP contribution in [0, 0.1) is 13.8 Å². The first kappa shape index (κ1) is 12.8. The van der Waals surface area contributed by atoms with Crippen LogP contribution in [-0.2, 0) is 5.54 Å². The second-order valence-electron chi connectivity index (χ2n) is 5.50. The molecule has 0 saturated carbocycles. The third-order valence-corrected chi connectivity index (χ3v) is 3.16. The molecule has 0 saturated heterocycles. The lowest BCUT2D eigenvalue weighted by Crippen LogP contribution is -2.28. The standard InChI is InChI=1S/C16H20N2/c1-11-7-13(10-18-9-11)15-6-5-14(8-12(15)2)16(3,4)17/h5-10H,17H2,1-4H3. The third kappa shape index (κ3) is 2.59. The SMILES string of the molecule is Cc1cncc(-c2ccc(C(C)(C)N)cc2C)c1. The molecule has 1 aromatic carbocycles. The molecule has 2 rings (SSSR count). The zero-order valence-electron chi connectivity index (χ0n) is 11.5. The van der Waals surface area contributed by atoms with Gasteiger partial charge in [-0.3, -0.25) is 4.98 Å². The van der Waals surface area contributed by atoms with Crippen LogP contribution in [0.5, 0.6) is 0 Å². The molecular formula is C16H20N2. The van der Waals surface area contributed by atoms with Crippen LogP contribution in [0.25, 0.3) is 11.1 Å². The van der Waals surface area contributed by atoms with E-state index in [-0.39, 0.29) is 5.54 Å². The topological polar surface area (TPSA) is 38.9 Å². The first-order chi connectivity index (χ1) is 8.38. The van der Waals surface area contributed by atoms with E-state index in [1.54, 1.807) is 0 Å². The van der Waals surface area contributed by atoms with E-state index >= 15 is 0 Å². The van der Waals surface area contributed by atoms with Gasteiger partial charge in [0.15, 0.2) is 0 Å². The van der Waals surface area contributed by atoms with Crippen molar-refractivity contribution in [1.82, 2.24) is 4.98 Å². The maximum Gasteiger partial charge on any atom is 0.0352 e. The zero-order valence-corrected chi connectivity index (χ0v) is 11.5. The number of hydrogen-bond acceptors (Lipinski definition) is 2. The molecule has 0 amide bonds. The largest absolute Gasteiger partial charge is 0.322 e. The lowest BCUT2D eigenvalue weighted by molar-refractivity contribution is 0.554. The van der Waals surface area contributed by atoms with Crippen molar-refractivity contribution in [1.29, 1.82) is 0 Å². The molecule has 1 aromatic heterocycles. The highest BCUT2D eigenvalue weighted by Gasteiger charge is 2.15. The molecule has 0 aliphatic carbocycles. The van der Waals surface area contributed by atoms with Crippen molar-refractivity contribution in [3.8, 4) is 11.1 Å². The average Bonchev–Trinajstić information content (AvgIpc) is 2.27. The minimum atomic E-state index is -0.297. The Morgan fingerprint density at radius 2 is 1.78 bits per heavy atom. The van der Waals surface area contributed by atoms with E-state index in [2.05, 4.69) is 43.1 Å². The van der Waals surface area contributed by atoms with Gasteiger partial charge in [-0.25, -0.2) is 0 Å². The molecule has 0 bridgehead atoms. The van der Waals surface area contributed by atoms with E-state index in [4.69, 9.17) is 5.73 Å². The summed E-state index contributed by atoms with van der Waals surface area (Å²) in [6.45, 7) is 8.22. The molecule has 18 heavy (non-hydrogen) atoms. The van der Waals surface area contributed by atoms with Crippen LogP contribution >= 0.6 is 0 Å². The molecule has 2 N–H and O–H groups in total. The zero-order chi connectivity index (χ0) is 13.3. The van der Waals surface area contributed by atoms with Crippen molar-refractivity contribution in [2.75, 3.05) is 0 Å². The van der Waals surface area contributed by atoms with Crippen LogP contribution in [-0.4, -0.2) is 4.98 Å². The molecular weight excluding hydrogens is 220 g/mol. The number of pyridine rings is 1. The highest BCUT2D eigenvalue weighted by atomic mass is 14.7. The van der Waals surface area contributed by atoms with Gasteiger partial charge >= 0.3 is 0 Å². The van der Waals surface area contributed by atoms with Crippen molar-refractivity contribution in [3.63, 3.8) is 0 Å². The Balaban J connectivity index is 2.48. The van der Waals surface area contributed by atoms with E-state index in [0.29, 0.717) is 0 Å². The van der Waals surface area contributed by atoms with Gasteiger partial charge in [0.05, 0.1) is 0 Å². The van der Waals surface area contributed by atoms with Crippen LogP contribution in [0.1, 0.15) is 30.5 Å². The lowest BCUT2D eigenvalue weighted by atomic mass is 9.91. The van der Waals surface area contributed by atoms with Crippen LogP contribution in [0.4, 0.5) is 0 Å². The molecule has 0 unspecified atom stereocenters. The smallest absolute Gasteiger partial charge is 0.0352 e. The minimum Gasteiger partial charge on any atom is -0.322 e. The Kier molecular flexibility index (Phi) is 3.22. The second kappa shape index (κ2) is 4.54. The predicted octanol–water partition coefficient (Wildman–Crippen LogP) is 3.56.